The third-order valence-electron chi connectivity index (χ3n) is 6.51. The molecule has 0 saturated heterocycles. The number of hydrogen-bond donors (Lipinski definition) is 1. The molecule has 36 heavy (non-hydrogen) atoms. The van der Waals surface area contributed by atoms with Crippen molar-refractivity contribution in [2.24, 2.45) is 0 Å². The van der Waals surface area contributed by atoms with Crippen LogP contribution >= 0.6 is 11.3 Å². The first-order valence-corrected chi connectivity index (χ1v) is 12.9. The van der Waals surface area contributed by atoms with E-state index in [1.54, 1.807) is 0 Å². The summed E-state index contributed by atoms with van der Waals surface area (Å²) >= 11 is 1.46. The van der Waals surface area contributed by atoms with Crippen molar-refractivity contribution in [2.75, 3.05) is 6.54 Å². The molecular formula is C28H25N3O4S. The molecule has 7 nitrogen and oxygen atoms in total. The van der Waals surface area contributed by atoms with Gasteiger partial charge < -0.3 is 19.4 Å². The van der Waals surface area contributed by atoms with Gasteiger partial charge in [-0.15, -0.1) is 11.3 Å². The summed E-state index contributed by atoms with van der Waals surface area (Å²) in [6, 6.07) is 19.9. The van der Waals surface area contributed by atoms with Crippen molar-refractivity contribution >= 4 is 23.2 Å². The lowest BCUT2D eigenvalue weighted by molar-refractivity contribution is 0.0699. The molecule has 1 aliphatic carbocycles. The Kier molecular flexibility index (Phi) is 6.03. The van der Waals surface area contributed by atoms with Crippen molar-refractivity contribution in [3.63, 3.8) is 0 Å². The number of nitrogens with one attached hydrogen (secondary N) is 1. The van der Waals surface area contributed by atoms with Crippen LogP contribution in [0.25, 0.3) is 0 Å². The molecule has 2 aromatic heterocycles. The van der Waals surface area contributed by atoms with Crippen LogP contribution in [0.5, 0.6) is 5.75 Å². The van der Waals surface area contributed by atoms with E-state index in [1.165, 1.54) is 23.2 Å². The maximum Gasteiger partial charge on any atom is 0.273 e. The minimum Gasteiger partial charge on any atom is -0.484 e. The Bertz CT molecular complexity index is 1380. The average Bonchev–Trinajstić information content (AvgIpc) is 3.35. The van der Waals surface area contributed by atoms with E-state index in [2.05, 4.69) is 28.5 Å². The summed E-state index contributed by atoms with van der Waals surface area (Å²) in [7, 11) is 0. The number of amides is 2. The molecule has 3 heterocycles. The lowest BCUT2D eigenvalue weighted by Crippen LogP contribution is -2.40. The number of fused-ring (bicyclic) bond motifs is 1. The van der Waals surface area contributed by atoms with E-state index >= 15 is 0 Å². The molecule has 6 rings (SSSR count). The Hall–Kier alpha value is -3.91. The number of hydrogen-bond acceptors (Lipinski definition) is 6. The first-order chi connectivity index (χ1) is 17.7. The van der Waals surface area contributed by atoms with Gasteiger partial charge >= 0.3 is 0 Å². The molecule has 182 valence electrons. The van der Waals surface area contributed by atoms with Gasteiger partial charge in [-0.2, -0.15) is 0 Å². The molecule has 2 amide bonds. The zero-order valence-corrected chi connectivity index (χ0v) is 20.4. The molecule has 0 radical (unpaired) electrons. The quantitative estimate of drug-likeness (QED) is 0.387. The highest BCUT2D eigenvalue weighted by molar-refractivity contribution is 7.12. The number of nitrogens with zero attached hydrogens (tertiary/aromatic N) is 2. The summed E-state index contributed by atoms with van der Waals surface area (Å²) in [5.74, 6) is 0.806. The Morgan fingerprint density at radius 1 is 1.11 bits per heavy atom. The van der Waals surface area contributed by atoms with Crippen LogP contribution in [0.3, 0.4) is 0 Å². The third kappa shape index (κ3) is 4.64. The van der Waals surface area contributed by atoms with Gasteiger partial charge in [-0.1, -0.05) is 42.5 Å². The van der Waals surface area contributed by atoms with E-state index in [-0.39, 0.29) is 36.2 Å². The summed E-state index contributed by atoms with van der Waals surface area (Å²) < 4.78 is 11.5. The van der Waals surface area contributed by atoms with Crippen LogP contribution in [0.4, 0.5) is 0 Å². The van der Waals surface area contributed by atoms with Gasteiger partial charge in [0.05, 0.1) is 10.9 Å². The third-order valence-corrected chi connectivity index (χ3v) is 7.37. The topological polar surface area (TPSA) is 84.7 Å². The second-order valence-corrected chi connectivity index (χ2v) is 10.0. The van der Waals surface area contributed by atoms with Gasteiger partial charge in [-0.05, 0) is 59.5 Å². The van der Waals surface area contributed by atoms with Gasteiger partial charge in [0.25, 0.3) is 11.8 Å². The number of thiophene rings is 1. The Balaban J connectivity index is 1.24. The monoisotopic (exact) mass is 499 g/mol. The highest BCUT2D eigenvalue weighted by Gasteiger charge is 2.33. The van der Waals surface area contributed by atoms with Gasteiger partial charge in [0, 0.05) is 12.6 Å². The largest absolute Gasteiger partial charge is 0.484 e. The average molecular weight is 500 g/mol. The van der Waals surface area contributed by atoms with Crippen molar-refractivity contribution in [3.8, 4) is 5.75 Å². The fraction of sp³-hybridized carbons (Fsp3) is 0.250. The van der Waals surface area contributed by atoms with Gasteiger partial charge in [0.15, 0.2) is 12.3 Å². The molecule has 2 aliphatic rings. The molecule has 2 aromatic carbocycles. The van der Waals surface area contributed by atoms with Gasteiger partial charge in [-0.25, -0.2) is 4.98 Å². The first kappa shape index (κ1) is 22.5. The summed E-state index contributed by atoms with van der Waals surface area (Å²) in [6.07, 6.45) is 4.16. The molecule has 1 fully saturated rings. The molecule has 1 saturated carbocycles. The summed E-state index contributed by atoms with van der Waals surface area (Å²) in [5, 5.41) is 4.83. The molecule has 4 aromatic rings. The van der Waals surface area contributed by atoms with E-state index < -0.39 is 0 Å². The molecule has 0 bridgehead atoms. The van der Waals surface area contributed by atoms with Gasteiger partial charge in [0.1, 0.15) is 12.0 Å². The first-order valence-electron chi connectivity index (χ1n) is 12.1. The lowest BCUT2D eigenvalue weighted by atomic mass is 9.88. The zero-order chi connectivity index (χ0) is 24.5. The molecule has 0 spiro atoms. The van der Waals surface area contributed by atoms with Crippen LogP contribution in [0, 0.1) is 0 Å². The van der Waals surface area contributed by atoms with E-state index in [4.69, 9.17) is 9.15 Å². The number of carbonyl (C=O) groups is 2. The zero-order valence-electron chi connectivity index (χ0n) is 19.6. The normalized spacial score (nSPS) is 16.9. The van der Waals surface area contributed by atoms with Crippen LogP contribution in [-0.2, 0) is 13.0 Å². The summed E-state index contributed by atoms with van der Waals surface area (Å²) in [5.41, 5.74) is 3.56. The van der Waals surface area contributed by atoms with Crippen molar-refractivity contribution in [3.05, 3.63) is 105 Å². The molecular weight excluding hydrogens is 474 g/mol. The summed E-state index contributed by atoms with van der Waals surface area (Å²) in [4.78, 5) is 32.6. The maximum atomic E-state index is 13.4. The second kappa shape index (κ2) is 9.62. The van der Waals surface area contributed by atoms with E-state index in [0.717, 1.165) is 35.3 Å². The number of rotatable bonds is 7. The van der Waals surface area contributed by atoms with Crippen molar-refractivity contribution in [1.82, 2.24) is 15.2 Å². The van der Waals surface area contributed by atoms with Gasteiger partial charge in [0.2, 0.25) is 5.89 Å². The summed E-state index contributed by atoms with van der Waals surface area (Å²) in [6.45, 7) is 0.745. The Morgan fingerprint density at radius 2 is 1.97 bits per heavy atom. The number of carbonyl (C=O) groups excluding carboxylic acids is 2. The maximum absolute atomic E-state index is 13.4. The fourth-order valence-corrected chi connectivity index (χ4v) is 5.23. The minimum atomic E-state index is -0.220. The van der Waals surface area contributed by atoms with E-state index in [1.807, 2.05) is 52.7 Å². The molecule has 8 heteroatoms. The van der Waals surface area contributed by atoms with E-state index in [9.17, 15) is 9.59 Å². The minimum absolute atomic E-state index is 0.0348. The second-order valence-electron chi connectivity index (χ2n) is 9.06. The van der Waals surface area contributed by atoms with Crippen LogP contribution in [0.1, 0.15) is 61.6 Å². The molecule has 1 unspecified atom stereocenters. The standard InChI is InChI=1S/C28H25N3O4S/c32-27(29-20-9-10-20)23-16-35-25(30-23)17-34-21-11-8-18-12-13-31(28(33)24-7-4-14-36-24)26(22(18)15-21)19-5-2-1-3-6-19/h1-8,11,14-16,20,26H,9-10,12-13,17H2,(H,29,32). The van der Waals surface area contributed by atoms with Crippen LogP contribution < -0.4 is 10.1 Å². The lowest BCUT2D eigenvalue weighted by Gasteiger charge is -2.37. The Morgan fingerprint density at radius 3 is 2.75 bits per heavy atom. The predicted molar refractivity (Wildman–Crippen MR) is 135 cm³/mol. The molecule has 1 aliphatic heterocycles. The Labute approximate surface area is 212 Å². The van der Waals surface area contributed by atoms with Crippen LogP contribution in [-0.4, -0.2) is 34.3 Å². The molecule has 1 atom stereocenters. The number of ether oxygens (including phenoxy) is 1. The predicted octanol–water partition coefficient (Wildman–Crippen LogP) is 5.00. The SMILES string of the molecule is O=C(NC1CC1)c1coc(COc2ccc3c(c2)C(c2ccccc2)N(C(=O)c2cccs2)CC3)n1. The van der Waals surface area contributed by atoms with Crippen molar-refractivity contribution in [2.45, 2.75) is 38.0 Å². The van der Waals surface area contributed by atoms with Crippen molar-refractivity contribution in [1.29, 1.82) is 0 Å². The number of aromatic nitrogens is 1. The fourth-order valence-electron chi connectivity index (χ4n) is 4.55. The molecule has 1 N–H and O–H groups in total. The van der Waals surface area contributed by atoms with Gasteiger partial charge in [-0.3, -0.25) is 9.59 Å². The van der Waals surface area contributed by atoms with Crippen molar-refractivity contribution < 1.29 is 18.7 Å². The van der Waals surface area contributed by atoms with Crippen LogP contribution in [0.15, 0.2) is 76.7 Å². The van der Waals surface area contributed by atoms with E-state index in [0.29, 0.717) is 18.2 Å². The highest BCUT2D eigenvalue weighted by atomic mass is 32.1. The number of benzene rings is 2. The van der Waals surface area contributed by atoms with Crippen LogP contribution in [0.2, 0.25) is 0 Å². The highest BCUT2D eigenvalue weighted by Crippen LogP contribution is 2.38. The smallest absolute Gasteiger partial charge is 0.273 e. The number of oxazole rings is 1.